The van der Waals surface area contributed by atoms with E-state index in [0.29, 0.717) is 17.9 Å². The lowest BCUT2D eigenvalue weighted by Gasteiger charge is -2.39. The normalized spacial score (nSPS) is 19.8. The van der Waals surface area contributed by atoms with Gasteiger partial charge in [-0.3, -0.25) is 9.69 Å². The molecule has 1 aromatic carbocycles. The average Bonchev–Trinajstić information content (AvgIpc) is 2.53. The Balaban J connectivity index is 1.50. The maximum absolute atomic E-state index is 12.3. The molecule has 0 spiro atoms. The van der Waals surface area contributed by atoms with Gasteiger partial charge in [0.25, 0.3) is 0 Å². The molecule has 1 aliphatic heterocycles. The van der Waals surface area contributed by atoms with Crippen LogP contribution in [-0.4, -0.2) is 41.9 Å². The Morgan fingerprint density at radius 1 is 1.30 bits per heavy atom. The molecule has 1 heterocycles. The lowest BCUT2D eigenvalue weighted by atomic mass is 9.84. The van der Waals surface area contributed by atoms with Gasteiger partial charge in [-0.05, 0) is 43.4 Å². The van der Waals surface area contributed by atoms with E-state index in [1.807, 2.05) is 30.1 Å². The SMILES string of the molecule is CN(C(=O)C1CCC1)C1CCN(Cc2cccc(C#N)c2)CC1. The van der Waals surface area contributed by atoms with E-state index in [2.05, 4.69) is 17.0 Å². The van der Waals surface area contributed by atoms with Crippen LogP contribution < -0.4 is 0 Å². The predicted molar refractivity (Wildman–Crippen MR) is 89.6 cm³/mol. The Bertz CT molecular complexity index is 595. The molecule has 0 radical (unpaired) electrons. The van der Waals surface area contributed by atoms with Crippen LogP contribution in [0.3, 0.4) is 0 Å². The highest BCUT2D eigenvalue weighted by Gasteiger charge is 2.32. The minimum atomic E-state index is 0.298. The molecule has 1 aromatic rings. The molecule has 0 atom stereocenters. The molecule has 0 aromatic heterocycles. The predicted octanol–water partition coefficient (Wildman–Crippen LogP) is 2.78. The smallest absolute Gasteiger partial charge is 0.225 e. The van der Waals surface area contributed by atoms with Crippen molar-refractivity contribution in [3.05, 3.63) is 35.4 Å². The number of rotatable bonds is 4. The summed E-state index contributed by atoms with van der Waals surface area (Å²) in [5.41, 5.74) is 1.92. The number of amides is 1. The second-order valence-electron chi connectivity index (χ2n) is 6.90. The van der Waals surface area contributed by atoms with Gasteiger partial charge in [0, 0.05) is 38.6 Å². The molecule has 1 aliphatic carbocycles. The van der Waals surface area contributed by atoms with E-state index in [4.69, 9.17) is 5.26 Å². The van der Waals surface area contributed by atoms with Gasteiger partial charge in [0.1, 0.15) is 0 Å². The zero-order valence-electron chi connectivity index (χ0n) is 13.9. The molecule has 0 bridgehead atoms. The summed E-state index contributed by atoms with van der Waals surface area (Å²) in [4.78, 5) is 16.8. The van der Waals surface area contributed by atoms with Crippen LogP contribution in [0.1, 0.15) is 43.2 Å². The van der Waals surface area contributed by atoms with Crippen molar-refractivity contribution < 1.29 is 4.79 Å². The van der Waals surface area contributed by atoms with Gasteiger partial charge in [-0.15, -0.1) is 0 Å². The number of nitrogens with zero attached hydrogens (tertiary/aromatic N) is 3. The first kappa shape index (κ1) is 16.0. The van der Waals surface area contributed by atoms with Gasteiger partial charge in [-0.25, -0.2) is 0 Å². The molecule has 0 N–H and O–H groups in total. The second-order valence-corrected chi connectivity index (χ2v) is 6.90. The summed E-state index contributed by atoms with van der Waals surface area (Å²) in [6, 6.07) is 10.4. The molecule has 3 rings (SSSR count). The Hall–Kier alpha value is -1.86. The van der Waals surface area contributed by atoms with Gasteiger partial charge in [-0.2, -0.15) is 5.26 Å². The summed E-state index contributed by atoms with van der Waals surface area (Å²) in [7, 11) is 1.98. The van der Waals surface area contributed by atoms with Gasteiger partial charge in [0.05, 0.1) is 11.6 Å². The molecule has 2 fully saturated rings. The van der Waals surface area contributed by atoms with Gasteiger partial charge < -0.3 is 4.90 Å². The number of hydrogen-bond acceptors (Lipinski definition) is 3. The first-order valence-electron chi connectivity index (χ1n) is 8.65. The number of carbonyl (C=O) groups is 1. The molecule has 4 heteroatoms. The number of benzene rings is 1. The van der Waals surface area contributed by atoms with Crippen molar-refractivity contribution in [3.63, 3.8) is 0 Å². The van der Waals surface area contributed by atoms with Crippen LogP contribution in [0.15, 0.2) is 24.3 Å². The molecule has 4 nitrogen and oxygen atoms in total. The van der Waals surface area contributed by atoms with Crippen molar-refractivity contribution in [2.45, 2.75) is 44.7 Å². The molecule has 122 valence electrons. The van der Waals surface area contributed by atoms with E-state index in [1.54, 1.807) is 0 Å². The number of piperidine rings is 1. The summed E-state index contributed by atoms with van der Waals surface area (Å²) in [5, 5.41) is 8.98. The second kappa shape index (κ2) is 7.14. The quantitative estimate of drug-likeness (QED) is 0.859. The average molecular weight is 311 g/mol. The van der Waals surface area contributed by atoms with Gasteiger partial charge >= 0.3 is 0 Å². The number of hydrogen-bond donors (Lipinski definition) is 0. The maximum atomic E-state index is 12.3. The zero-order valence-corrected chi connectivity index (χ0v) is 13.9. The highest BCUT2D eigenvalue weighted by atomic mass is 16.2. The third-order valence-corrected chi connectivity index (χ3v) is 5.37. The highest BCUT2D eigenvalue weighted by molar-refractivity contribution is 5.79. The monoisotopic (exact) mass is 311 g/mol. The fourth-order valence-corrected chi connectivity index (χ4v) is 3.59. The largest absolute Gasteiger partial charge is 0.342 e. The molecule has 1 saturated carbocycles. The van der Waals surface area contributed by atoms with Crippen molar-refractivity contribution >= 4 is 5.91 Å². The first-order valence-corrected chi connectivity index (χ1v) is 8.65. The molecule has 2 aliphatic rings. The van der Waals surface area contributed by atoms with Crippen molar-refractivity contribution in [2.75, 3.05) is 20.1 Å². The Kier molecular flexibility index (Phi) is 4.97. The maximum Gasteiger partial charge on any atom is 0.225 e. The summed E-state index contributed by atoms with van der Waals surface area (Å²) in [6.07, 6.45) is 5.47. The minimum Gasteiger partial charge on any atom is -0.342 e. The number of nitriles is 1. The van der Waals surface area contributed by atoms with E-state index in [9.17, 15) is 4.79 Å². The van der Waals surface area contributed by atoms with E-state index < -0.39 is 0 Å². The minimum absolute atomic E-state index is 0.298. The van der Waals surface area contributed by atoms with E-state index in [0.717, 1.165) is 50.9 Å². The van der Waals surface area contributed by atoms with E-state index in [1.165, 1.54) is 12.0 Å². The van der Waals surface area contributed by atoms with Gasteiger partial charge in [0.2, 0.25) is 5.91 Å². The number of likely N-dealkylation sites (tertiary alicyclic amines) is 1. The van der Waals surface area contributed by atoms with Crippen LogP contribution in [0.25, 0.3) is 0 Å². The first-order chi connectivity index (χ1) is 11.2. The van der Waals surface area contributed by atoms with Crippen LogP contribution in [-0.2, 0) is 11.3 Å². The Morgan fingerprint density at radius 2 is 2.04 bits per heavy atom. The fraction of sp³-hybridized carbons (Fsp3) is 0.579. The van der Waals surface area contributed by atoms with Crippen LogP contribution in [0.5, 0.6) is 0 Å². The zero-order chi connectivity index (χ0) is 16.2. The summed E-state index contributed by atoms with van der Waals surface area (Å²) >= 11 is 0. The highest BCUT2D eigenvalue weighted by Crippen LogP contribution is 2.29. The van der Waals surface area contributed by atoms with Crippen LogP contribution in [0.2, 0.25) is 0 Å². The molecule has 23 heavy (non-hydrogen) atoms. The van der Waals surface area contributed by atoms with Crippen molar-refractivity contribution in [1.82, 2.24) is 9.80 Å². The Labute approximate surface area is 138 Å². The molecule has 1 amide bonds. The van der Waals surface area contributed by atoms with Gasteiger partial charge in [-0.1, -0.05) is 18.6 Å². The van der Waals surface area contributed by atoms with Crippen LogP contribution in [0.4, 0.5) is 0 Å². The molecular formula is C19H25N3O. The summed E-state index contributed by atoms with van der Waals surface area (Å²) in [6.45, 7) is 2.93. The van der Waals surface area contributed by atoms with Crippen molar-refractivity contribution in [3.8, 4) is 6.07 Å². The third kappa shape index (κ3) is 3.73. The summed E-state index contributed by atoms with van der Waals surface area (Å²) < 4.78 is 0. The third-order valence-electron chi connectivity index (χ3n) is 5.37. The summed E-state index contributed by atoms with van der Waals surface area (Å²) in [5.74, 6) is 0.656. The van der Waals surface area contributed by atoms with E-state index >= 15 is 0 Å². The molecule has 1 saturated heterocycles. The van der Waals surface area contributed by atoms with Crippen LogP contribution in [0, 0.1) is 17.2 Å². The van der Waals surface area contributed by atoms with Crippen LogP contribution >= 0.6 is 0 Å². The topological polar surface area (TPSA) is 47.3 Å². The van der Waals surface area contributed by atoms with E-state index in [-0.39, 0.29) is 0 Å². The molecular weight excluding hydrogens is 286 g/mol. The standard InChI is InChI=1S/C19H25N3O/c1-21(19(23)17-6-3-7-17)18-8-10-22(11-9-18)14-16-5-2-4-15(12-16)13-20/h2,4-5,12,17-18H,3,6-11,14H2,1H3. The van der Waals surface area contributed by atoms with Crippen molar-refractivity contribution in [2.24, 2.45) is 5.92 Å². The lowest BCUT2D eigenvalue weighted by molar-refractivity contribution is -0.139. The molecule has 0 unspecified atom stereocenters. The van der Waals surface area contributed by atoms with Crippen molar-refractivity contribution in [1.29, 1.82) is 5.26 Å². The lowest BCUT2D eigenvalue weighted by Crippen LogP contribution is -2.48. The Morgan fingerprint density at radius 3 is 2.65 bits per heavy atom. The van der Waals surface area contributed by atoms with Gasteiger partial charge in [0.15, 0.2) is 0 Å². The number of carbonyl (C=O) groups excluding carboxylic acids is 1. The fourth-order valence-electron chi connectivity index (χ4n) is 3.59.